The van der Waals surface area contributed by atoms with Crippen LogP contribution in [-0.4, -0.2) is 27.8 Å². The smallest absolute Gasteiger partial charge is 0.191 e. The number of hydrogen-bond acceptors (Lipinski definition) is 4. The van der Waals surface area contributed by atoms with Crippen molar-refractivity contribution in [3.8, 4) is 5.69 Å². The lowest BCUT2D eigenvalue weighted by Crippen LogP contribution is -2.38. The van der Waals surface area contributed by atoms with Gasteiger partial charge in [0.15, 0.2) is 5.96 Å². The van der Waals surface area contributed by atoms with Crippen molar-refractivity contribution < 1.29 is 0 Å². The lowest BCUT2D eigenvalue weighted by molar-refractivity contribution is 0.683. The summed E-state index contributed by atoms with van der Waals surface area (Å²) in [7, 11) is 1.77. The summed E-state index contributed by atoms with van der Waals surface area (Å²) < 4.78 is 1.86. The Bertz CT molecular complexity index is 837. The summed E-state index contributed by atoms with van der Waals surface area (Å²) in [6, 6.07) is 10.3. The Kier molecular flexibility index (Phi) is 5.45. The highest BCUT2D eigenvalue weighted by atomic mass is 32.1. The second-order valence-electron chi connectivity index (χ2n) is 5.70. The van der Waals surface area contributed by atoms with Crippen molar-refractivity contribution in [3.63, 3.8) is 0 Å². The van der Waals surface area contributed by atoms with Crippen molar-refractivity contribution in [1.29, 1.82) is 0 Å². The van der Waals surface area contributed by atoms with Gasteiger partial charge in [-0.1, -0.05) is 12.1 Å². The molecule has 3 aromatic rings. The van der Waals surface area contributed by atoms with Gasteiger partial charge < -0.3 is 10.6 Å². The molecule has 2 heterocycles. The molecule has 130 valence electrons. The fraction of sp³-hybridized carbons (Fsp3) is 0.278. The van der Waals surface area contributed by atoms with Gasteiger partial charge in [-0.3, -0.25) is 4.99 Å². The summed E-state index contributed by atoms with van der Waals surface area (Å²) in [6.07, 6.45) is 5.61. The summed E-state index contributed by atoms with van der Waals surface area (Å²) in [4.78, 5) is 9.88. The summed E-state index contributed by atoms with van der Waals surface area (Å²) in [5.74, 6) is 0.754. The molecule has 3 rings (SSSR count). The van der Waals surface area contributed by atoms with E-state index in [0.717, 1.165) is 16.7 Å². The molecule has 7 heteroatoms. The first-order chi connectivity index (χ1) is 12.2. The Labute approximate surface area is 151 Å². The molecule has 0 aliphatic heterocycles. The number of hydrogen-bond donors (Lipinski definition) is 2. The molecular weight excluding hydrogens is 332 g/mol. The van der Waals surface area contributed by atoms with Crippen molar-refractivity contribution >= 4 is 17.3 Å². The van der Waals surface area contributed by atoms with Crippen LogP contribution in [0.1, 0.15) is 28.4 Å². The number of rotatable bonds is 5. The molecule has 6 nitrogen and oxygen atoms in total. The Morgan fingerprint density at radius 3 is 2.92 bits per heavy atom. The van der Waals surface area contributed by atoms with E-state index in [4.69, 9.17) is 0 Å². The zero-order valence-corrected chi connectivity index (χ0v) is 15.4. The highest BCUT2D eigenvalue weighted by Gasteiger charge is 2.09. The minimum absolute atomic E-state index is 0.111. The van der Waals surface area contributed by atoms with E-state index in [1.807, 2.05) is 35.3 Å². The minimum atomic E-state index is 0.111. The lowest BCUT2D eigenvalue weighted by atomic mass is 10.1. The first-order valence-electron chi connectivity index (χ1n) is 8.14. The van der Waals surface area contributed by atoms with Crippen LogP contribution in [0, 0.1) is 6.92 Å². The van der Waals surface area contributed by atoms with Crippen LogP contribution in [0.2, 0.25) is 0 Å². The van der Waals surface area contributed by atoms with E-state index in [0.29, 0.717) is 6.54 Å². The van der Waals surface area contributed by atoms with Crippen LogP contribution in [0.5, 0.6) is 0 Å². The van der Waals surface area contributed by atoms with Gasteiger partial charge in [-0.15, -0.1) is 11.3 Å². The maximum atomic E-state index is 4.36. The Balaban J connectivity index is 1.64. The predicted molar refractivity (Wildman–Crippen MR) is 102 cm³/mol. The highest BCUT2D eigenvalue weighted by Crippen LogP contribution is 2.16. The third-order valence-electron chi connectivity index (χ3n) is 3.79. The highest BCUT2D eigenvalue weighted by molar-refractivity contribution is 7.11. The van der Waals surface area contributed by atoms with E-state index in [-0.39, 0.29) is 6.04 Å². The van der Waals surface area contributed by atoms with Crippen molar-refractivity contribution in [2.75, 3.05) is 7.05 Å². The van der Waals surface area contributed by atoms with Crippen LogP contribution in [0.3, 0.4) is 0 Å². The molecule has 0 radical (unpaired) electrons. The number of nitrogens with zero attached hydrogens (tertiary/aromatic N) is 4. The molecule has 2 N–H and O–H groups in total. The summed E-state index contributed by atoms with van der Waals surface area (Å²) in [5, 5.41) is 12.1. The Morgan fingerprint density at radius 1 is 1.36 bits per heavy atom. The van der Waals surface area contributed by atoms with Crippen molar-refractivity contribution in [2.45, 2.75) is 26.4 Å². The first-order valence-corrected chi connectivity index (χ1v) is 8.96. The number of benzene rings is 1. The van der Waals surface area contributed by atoms with Crippen LogP contribution in [0.25, 0.3) is 5.69 Å². The van der Waals surface area contributed by atoms with E-state index in [9.17, 15) is 0 Å². The molecule has 0 saturated heterocycles. The van der Waals surface area contributed by atoms with Crippen LogP contribution in [-0.2, 0) is 6.54 Å². The molecule has 2 aromatic heterocycles. The molecular formula is C18H22N6S. The second-order valence-corrected chi connectivity index (χ2v) is 7.02. The largest absolute Gasteiger partial charge is 0.350 e. The molecule has 0 bridgehead atoms. The molecule has 0 amide bonds. The normalized spacial score (nSPS) is 12.8. The summed E-state index contributed by atoms with van der Waals surface area (Å²) >= 11 is 1.69. The van der Waals surface area contributed by atoms with Crippen molar-refractivity contribution in [2.24, 2.45) is 4.99 Å². The molecule has 0 spiro atoms. The summed E-state index contributed by atoms with van der Waals surface area (Å²) in [6.45, 7) is 4.84. The van der Waals surface area contributed by atoms with Gasteiger partial charge in [0, 0.05) is 30.5 Å². The van der Waals surface area contributed by atoms with Gasteiger partial charge in [0.2, 0.25) is 0 Å². The molecule has 0 aliphatic carbocycles. The number of aliphatic imine (C=N–C) groups is 1. The Morgan fingerprint density at radius 2 is 2.24 bits per heavy atom. The average Bonchev–Trinajstić information content (AvgIpc) is 3.30. The standard InChI is InChI=1S/C18H22N6S/c1-13-11-20-17(25-13)12-21-18(19-3)23-14(2)15-6-4-7-16(10-15)24-9-5-8-22-24/h4-11,14H,12H2,1-3H3,(H2,19,21,23). The molecule has 0 fully saturated rings. The molecule has 25 heavy (non-hydrogen) atoms. The van der Waals surface area contributed by atoms with Crippen molar-refractivity contribution in [1.82, 2.24) is 25.4 Å². The van der Waals surface area contributed by atoms with Gasteiger partial charge in [-0.2, -0.15) is 5.10 Å². The number of guanidine groups is 1. The van der Waals surface area contributed by atoms with Crippen molar-refractivity contribution in [3.05, 3.63) is 64.4 Å². The van der Waals surface area contributed by atoms with Crippen LogP contribution in [0.4, 0.5) is 0 Å². The lowest BCUT2D eigenvalue weighted by Gasteiger charge is -2.18. The zero-order chi connectivity index (χ0) is 17.6. The van der Waals surface area contributed by atoms with Crippen LogP contribution >= 0.6 is 11.3 Å². The monoisotopic (exact) mass is 354 g/mol. The maximum absolute atomic E-state index is 4.36. The van der Waals surface area contributed by atoms with Gasteiger partial charge >= 0.3 is 0 Å². The minimum Gasteiger partial charge on any atom is -0.350 e. The third kappa shape index (κ3) is 4.45. The number of thiazole rings is 1. The van der Waals surface area contributed by atoms with E-state index in [1.54, 1.807) is 24.6 Å². The van der Waals surface area contributed by atoms with Gasteiger partial charge in [-0.25, -0.2) is 9.67 Å². The van der Waals surface area contributed by atoms with Gasteiger partial charge in [0.1, 0.15) is 5.01 Å². The van der Waals surface area contributed by atoms with E-state index < -0.39 is 0 Å². The molecule has 1 unspecified atom stereocenters. The zero-order valence-electron chi connectivity index (χ0n) is 14.6. The van der Waals surface area contributed by atoms with E-state index >= 15 is 0 Å². The molecule has 1 atom stereocenters. The van der Waals surface area contributed by atoms with Gasteiger partial charge in [-0.05, 0) is 37.6 Å². The first kappa shape index (κ1) is 17.2. The maximum Gasteiger partial charge on any atom is 0.191 e. The fourth-order valence-electron chi connectivity index (χ4n) is 2.48. The topological polar surface area (TPSA) is 67.1 Å². The quantitative estimate of drug-likeness (QED) is 0.546. The molecule has 0 saturated carbocycles. The summed E-state index contributed by atoms with van der Waals surface area (Å²) in [5.41, 5.74) is 2.21. The van der Waals surface area contributed by atoms with E-state index in [1.165, 1.54) is 10.4 Å². The average molecular weight is 354 g/mol. The molecule has 1 aromatic carbocycles. The number of aryl methyl sites for hydroxylation is 1. The second kappa shape index (κ2) is 7.94. The third-order valence-corrected chi connectivity index (χ3v) is 4.70. The van der Waals surface area contributed by atoms with Gasteiger partial charge in [0.25, 0.3) is 0 Å². The molecule has 0 aliphatic rings. The van der Waals surface area contributed by atoms with E-state index in [2.05, 4.69) is 51.7 Å². The van der Waals surface area contributed by atoms with Gasteiger partial charge in [0.05, 0.1) is 18.3 Å². The van der Waals surface area contributed by atoms with Crippen LogP contribution < -0.4 is 10.6 Å². The Hall–Kier alpha value is -2.67. The fourth-order valence-corrected chi connectivity index (χ4v) is 3.21. The number of nitrogens with one attached hydrogen (secondary N) is 2. The van der Waals surface area contributed by atoms with Crippen LogP contribution in [0.15, 0.2) is 53.9 Å². The SMILES string of the molecule is CN=C(NCc1ncc(C)s1)NC(C)c1cccc(-n2cccn2)c1. The predicted octanol–water partition coefficient (Wildman–Crippen LogP) is 3.06. The number of aromatic nitrogens is 3.